The second kappa shape index (κ2) is 3.96. The maximum Gasteiger partial charge on any atom is 0.573 e. The van der Waals surface area contributed by atoms with Gasteiger partial charge in [-0.2, -0.15) is 0 Å². The Morgan fingerprint density at radius 2 is 1.94 bits per heavy atom. The third kappa shape index (κ3) is 2.36. The summed E-state index contributed by atoms with van der Waals surface area (Å²) >= 11 is 5.75. The first-order valence-corrected chi connectivity index (χ1v) is 4.82. The summed E-state index contributed by atoms with van der Waals surface area (Å²) in [6.45, 7) is 0. The van der Waals surface area contributed by atoms with E-state index in [1.165, 1.54) is 18.3 Å². The Kier molecular flexibility index (Phi) is 2.74. The van der Waals surface area contributed by atoms with Crippen molar-refractivity contribution in [1.82, 2.24) is 4.98 Å². The number of aromatic nitrogens is 1. The molecular weight excluding hydrogens is 259 g/mol. The lowest BCUT2D eigenvalue weighted by atomic mass is 10.2. The number of pyridine rings is 1. The lowest BCUT2D eigenvalue weighted by molar-refractivity contribution is -0.274. The number of aromatic amines is 1. The van der Waals surface area contributed by atoms with Gasteiger partial charge in [0.15, 0.2) is 11.2 Å². The molecular formula is C10H5ClF3NO2. The topological polar surface area (TPSA) is 42.1 Å². The number of alkyl halides is 3. The number of fused-ring (bicyclic) bond motifs is 1. The van der Waals surface area contributed by atoms with E-state index in [-0.39, 0.29) is 15.9 Å². The van der Waals surface area contributed by atoms with Crippen molar-refractivity contribution in [2.24, 2.45) is 0 Å². The predicted octanol–water partition coefficient (Wildman–Crippen LogP) is 3.08. The number of halogens is 4. The number of rotatable bonds is 1. The van der Waals surface area contributed by atoms with Gasteiger partial charge >= 0.3 is 6.36 Å². The van der Waals surface area contributed by atoms with E-state index in [0.29, 0.717) is 0 Å². The lowest BCUT2D eigenvalue weighted by Crippen LogP contribution is -2.18. The molecule has 1 aromatic carbocycles. The maximum atomic E-state index is 12.1. The van der Waals surface area contributed by atoms with Crippen LogP contribution in [0.2, 0.25) is 5.02 Å². The Bertz CT molecular complexity index is 621. The summed E-state index contributed by atoms with van der Waals surface area (Å²) in [6, 6.07) is 3.40. The molecule has 1 N–H and O–H groups in total. The predicted molar refractivity (Wildman–Crippen MR) is 56.3 cm³/mol. The average Bonchev–Trinajstić information content (AvgIpc) is 2.20. The molecule has 0 spiro atoms. The number of ether oxygens (including phenoxy) is 1. The van der Waals surface area contributed by atoms with Crippen molar-refractivity contribution in [1.29, 1.82) is 0 Å². The minimum atomic E-state index is -4.83. The third-order valence-electron chi connectivity index (χ3n) is 2.05. The standard InChI is InChI=1S/C10H5ClF3NO2/c11-5-1-2-7(17-10(12,13)14)9-8(5)6(16)3-4-15-9/h1-4H,(H,15,16). The van der Waals surface area contributed by atoms with E-state index in [9.17, 15) is 18.0 Å². The van der Waals surface area contributed by atoms with Gasteiger partial charge in [-0.25, -0.2) is 0 Å². The summed E-state index contributed by atoms with van der Waals surface area (Å²) in [5.41, 5.74) is -0.557. The molecule has 1 heterocycles. The smallest absolute Gasteiger partial charge is 0.404 e. The van der Waals surface area contributed by atoms with Crippen LogP contribution in [0.4, 0.5) is 13.2 Å². The summed E-state index contributed by atoms with van der Waals surface area (Å²) in [5.74, 6) is -0.491. The van der Waals surface area contributed by atoms with Crippen LogP contribution < -0.4 is 10.2 Å². The van der Waals surface area contributed by atoms with Crippen LogP contribution in [0.25, 0.3) is 10.9 Å². The average molecular weight is 264 g/mol. The summed E-state index contributed by atoms with van der Waals surface area (Å²) < 4.78 is 40.2. The van der Waals surface area contributed by atoms with Gasteiger partial charge in [-0.05, 0) is 12.1 Å². The molecule has 0 saturated heterocycles. The summed E-state index contributed by atoms with van der Waals surface area (Å²) in [7, 11) is 0. The monoisotopic (exact) mass is 263 g/mol. The molecule has 0 unspecified atom stereocenters. The molecule has 0 amide bonds. The van der Waals surface area contributed by atoms with Crippen molar-refractivity contribution in [2.45, 2.75) is 6.36 Å². The highest BCUT2D eigenvalue weighted by Gasteiger charge is 2.32. The molecule has 0 bridgehead atoms. The molecule has 1 aromatic heterocycles. The largest absolute Gasteiger partial charge is 0.573 e. The van der Waals surface area contributed by atoms with E-state index in [4.69, 9.17) is 11.6 Å². The van der Waals surface area contributed by atoms with Crippen molar-refractivity contribution in [3.05, 3.63) is 39.6 Å². The fourth-order valence-electron chi connectivity index (χ4n) is 1.44. The summed E-state index contributed by atoms with van der Waals surface area (Å²) in [5, 5.41) is 0.0345. The fraction of sp³-hybridized carbons (Fsp3) is 0.100. The highest BCUT2D eigenvalue weighted by atomic mass is 35.5. The molecule has 7 heteroatoms. The third-order valence-corrected chi connectivity index (χ3v) is 2.37. The highest BCUT2D eigenvalue weighted by Crippen LogP contribution is 2.31. The molecule has 0 saturated carbocycles. The zero-order chi connectivity index (χ0) is 12.6. The van der Waals surface area contributed by atoms with Gasteiger partial charge in [0, 0.05) is 12.3 Å². The van der Waals surface area contributed by atoms with E-state index in [2.05, 4.69) is 9.72 Å². The number of hydrogen-bond donors (Lipinski definition) is 1. The van der Waals surface area contributed by atoms with Crippen molar-refractivity contribution >= 4 is 22.5 Å². The fourth-order valence-corrected chi connectivity index (χ4v) is 1.69. The van der Waals surface area contributed by atoms with Gasteiger partial charge in [-0.15, -0.1) is 13.2 Å². The first-order valence-electron chi connectivity index (χ1n) is 4.44. The maximum absolute atomic E-state index is 12.1. The normalized spacial score (nSPS) is 11.8. The molecule has 17 heavy (non-hydrogen) atoms. The minimum absolute atomic E-state index is 0.0316. The summed E-state index contributed by atoms with van der Waals surface area (Å²) in [4.78, 5) is 14.0. The van der Waals surface area contributed by atoms with Gasteiger partial charge in [0.2, 0.25) is 0 Å². The van der Waals surface area contributed by atoms with Gasteiger partial charge < -0.3 is 9.72 Å². The van der Waals surface area contributed by atoms with Crippen LogP contribution in [0.15, 0.2) is 29.2 Å². The molecule has 0 aliphatic carbocycles. The minimum Gasteiger partial charge on any atom is -0.404 e. The molecule has 0 aliphatic rings. The van der Waals surface area contributed by atoms with Crippen LogP contribution >= 0.6 is 11.6 Å². The van der Waals surface area contributed by atoms with E-state index in [0.717, 1.165) is 6.07 Å². The number of benzene rings is 1. The lowest BCUT2D eigenvalue weighted by Gasteiger charge is -2.11. The quantitative estimate of drug-likeness (QED) is 0.859. The molecule has 0 atom stereocenters. The van der Waals surface area contributed by atoms with Crippen LogP contribution in [0.5, 0.6) is 5.75 Å². The zero-order valence-electron chi connectivity index (χ0n) is 8.14. The molecule has 90 valence electrons. The van der Waals surface area contributed by atoms with Gasteiger partial charge in [0.1, 0.15) is 0 Å². The first kappa shape index (κ1) is 11.8. The Morgan fingerprint density at radius 3 is 2.59 bits per heavy atom. The van der Waals surface area contributed by atoms with Crippen molar-refractivity contribution in [3.8, 4) is 5.75 Å². The zero-order valence-corrected chi connectivity index (χ0v) is 8.89. The Balaban J connectivity index is 2.71. The Morgan fingerprint density at radius 1 is 1.24 bits per heavy atom. The van der Waals surface area contributed by atoms with Crippen LogP contribution in [0.3, 0.4) is 0 Å². The highest BCUT2D eigenvalue weighted by molar-refractivity contribution is 6.35. The Hall–Kier alpha value is -1.69. The van der Waals surface area contributed by atoms with Crippen LogP contribution in [0.1, 0.15) is 0 Å². The SMILES string of the molecule is O=c1cc[nH]c2c(OC(F)(F)F)ccc(Cl)c12. The van der Waals surface area contributed by atoms with E-state index in [1.807, 2.05) is 0 Å². The van der Waals surface area contributed by atoms with Gasteiger partial charge in [0.25, 0.3) is 0 Å². The van der Waals surface area contributed by atoms with Crippen molar-refractivity contribution in [3.63, 3.8) is 0 Å². The van der Waals surface area contributed by atoms with E-state index < -0.39 is 17.5 Å². The van der Waals surface area contributed by atoms with E-state index >= 15 is 0 Å². The second-order valence-corrected chi connectivity index (χ2v) is 3.59. The number of nitrogens with one attached hydrogen (secondary N) is 1. The van der Waals surface area contributed by atoms with Gasteiger partial charge in [-0.3, -0.25) is 4.79 Å². The van der Waals surface area contributed by atoms with Crippen molar-refractivity contribution in [2.75, 3.05) is 0 Å². The van der Waals surface area contributed by atoms with Crippen LogP contribution in [0, 0.1) is 0 Å². The number of hydrogen-bond acceptors (Lipinski definition) is 2. The summed E-state index contributed by atoms with van der Waals surface area (Å²) in [6.07, 6.45) is -3.60. The molecule has 0 aliphatic heterocycles. The van der Waals surface area contributed by atoms with Crippen LogP contribution in [-0.2, 0) is 0 Å². The molecule has 2 aromatic rings. The van der Waals surface area contributed by atoms with Crippen molar-refractivity contribution < 1.29 is 17.9 Å². The Labute approximate surface area is 97.8 Å². The van der Waals surface area contributed by atoms with Gasteiger partial charge in [-0.1, -0.05) is 11.6 Å². The second-order valence-electron chi connectivity index (χ2n) is 3.19. The van der Waals surface area contributed by atoms with Gasteiger partial charge in [0.05, 0.1) is 15.9 Å². The number of H-pyrrole nitrogens is 1. The van der Waals surface area contributed by atoms with E-state index in [1.54, 1.807) is 0 Å². The first-order chi connectivity index (χ1) is 7.88. The molecule has 3 nitrogen and oxygen atoms in total. The van der Waals surface area contributed by atoms with Crippen LogP contribution in [-0.4, -0.2) is 11.3 Å². The molecule has 0 radical (unpaired) electrons. The molecule has 2 rings (SSSR count). The molecule has 0 fully saturated rings.